The van der Waals surface area contributed by atoms with Crippen LogP contribution in [0.4, 0.5) is 17.6 Å². The van der Waals surface area contributed by atoms with Crippen molar-refractivity contribution in [3.63, 3.8) is 0 Å². The molecule has 3 N–H and O–H groups in total. The molecule has 4 aromatic rings. The number of alkyl halides is 3. The predicted octanol–water partition coefficient (Wildman–Crippen LogP) is 4.94. The number of aromatic carboxylic acids is 1. The highest BCUT2D eigenvalue weighted by molar-refractivity contribution is 5.89. The van der Waals surface area contributed by atoms with Gasteiger partial charge in [-0.05, 0) is 54.7 Å². The number of aromatic nitrogens is 2. The smallest absolute Gasteiger partial charge is 0.416 e. The number of nitrogens with zero attached hydrogens (tertiary/aromatic N) is 3. The van der Waals surface area contributed by atoms with E-state index in [1.165, 1.54) is 0 Å². The van der Waals surface area contributed by atoms with Gasteiger partial charge in [-0.15, -0.1) is 0 Å². The van der Waals surface area contributed by atoms with Crippen molar-refractivity contribution in [2.45, 2.75) is 63.8 Å². The molecule has 1 saturated heterocycles. The summed E-state index contributed by atoms with van der Waals surface area (Å²) in [6.45, 7) is 1.85. The van der Waals surface area contributed by atoms with Crippen LogP contribution in [0, 0.1) is 12.7 Å². The highest BCUT2D eigenvalue weighted by Gasteiger charge is 2.47. The number of halogens is 4. The van der Waals surface area contributed by atoms with Crippen molar-refractivity contribution in [3.05, 3.63) is 138 Å². The normalized spacial score (nSPS) is 16.6. The van der Waals surface area contributed by atoms with Crippen molar-refractivity contribution >= 4 is 5.97 Å². The van der Waals surface area contributed by atoms with Gasteiger partial charge in [-0.2, -0.15) is 13.2 Å². The van der Waals surface area contributed by atoms with E-state index in [0.29, 0.717) is 43.6 Å². The molecule has 1 atom stereocenters. The first-order chi connectivity index (χ1) is 22.8. The molecule has 9 nitrogen and oxygen atoms in total. The number of benzene rings is 3. The highest BCUT2D eigenvalue weighted by atomic mass is 19.4. The summed E-state index contributed by atoms with van der Waals surface area (Å²) in [4.78, 5) is 42.0. The van der Waals surface area contributed by atoms with E-state index in [1.54, 1.807) is 49.4 Å². The molecule has 1 spiro atoms. The number of carboxylic acid groups (broad SMARTS) is 1. The van der Waals surface area contributed by atoms with Crippen LogP contribution in [-0.2, 0) is 42.8 Å². The van der Waals surface area contributed by atoms with E-state index < -0.39 is 58.5 Å². The molecule has 0 unspecified atom stereocenters. The van der Waals surface area contributed by atoms with Crippen LogP contribution >= 0.6 is 0 Å². The Balaban J connectivity index is 1.40. The lowest BCUT2D eigenvalue weighted by Gasteiger charge is -2.39. The van der Waals surface area contributed by atoms with E-state index in [9.17, 15) is 32.7 Å². The van der Waals surface area contributed by atoms with Crippen LogP contribution in [0.2, 0.25) is 0 Å². The maximum absolute atomic E-state index is 15.1. The number of nitrogens with two attached hydrogens (primary N) is 1. The molecule has 3 heterocycles. The van der Waals surface area contributed by atoms with Gasteiger partial charge in [0.05, 0.1) is 42.1 Å². The Bertz CT molecular complexity index is 1980. The molecule has 2 aliphatic rings. The van der Waals surface area contributed by atoms with E-state index in [2.05, 4.69) is 4.90 Å². The molecule has 2 aliphatic heterocycles. The number of ether oxygens (including phenoxy) is 1. The van der Waals surface area contributed by atoms with E-state index >= 15 is 4.39 Å². The lowest BCUT2D eigenvalue weighted by Crippen LogP contribution is -2.49. The standard InChI is InChI=1S/C35H34F4N4O5/c1-21-23(9-5-10-24(21)32(45)46)17-41-15-13-34(14-16-41)30-29(20-48-34)42(18-25-26(35(37,38)39)11-6-12-27(25)36)33(47)43(31(30)44)19-28(40)22-7-3-2-4-8-22/h2-12,28H,13-20,40H2,1H3,(H,45,46)/t28-/m0/s1. The van der Waals surface area contributed by atoms with Gasteiger partial charge < -0.3 is 15.6 Å². The highest BCUT2D eigenvalue weighted by Crippen LogP contribution is 2.43. The molecule has 1 aromatic heterocycles. The van der Waals surface area contributed by atoms with Crippen molar-refractivity contribution in [2.75, 3.05) is 13.1 Å². The van der Waals surface area contributed by atoms with Crippen molar-refractivity contribution in [1.29, 1.82) is 0 Å². The Morgan fingerprint density at radius 3 is 2.33 bits per heavy atom. The van der Waals surface area contributed by atoms with Crippen molar-refractivity contribution in [1.82, 2.24) is 14.0 Å². The molecule has 0 bridgehead atoms. The molecule has 0 radical (unpaired) electrons. The minimum Gasteiger partial charge on any atom is -0.478 e. The zero-order valence-corrected chi connectivity index (χ0v) is 26.1. The van der Waals surface area contributed by atoms with E-state index in [1.807, 2.05) is 6.07 Å². The molecule has 3 aromatic carbocycles. The Hall–Kier alpha value is -4.59. The Labute approximate surface area is 272 Å². The third kappa shape index (κ3) is 6.09. The second-order valence-electron chi connectivity index (χ2n) is 12.3. The molecule has 1 fully saturated rings. The average Bonchev–Trinajstić information content (AvgIpc) is 3.42. The molecule has 6 rings (SSSR count). The maximum Gasteiger partial charge on any atom is 0.416 e. The second-order valence-corrected chi connectivity index (χ2v) is 12.3. The summed E-state index contributed by atoms with van der Waals surface area (Å²) in [5, 5.41) is 9.53. The summed E-state index contributed by atoms with van der Waals surface area (Å²) in [5.74, 6) is -2.15. The third-order valence-corrected chi connectivity index (χ3v) is 9.56. The van der Waals surface area contributed by atoms with Crippen molar-refractivity contribution in [3.8, 4) is 0 Å². The van der Waals surface area contributed by atoms with E-state index in [4.69, 9.17) is 10.5 Å². The van der Waals surface area contributed by atoms with Gasteiger partial charge in [0.2, 0.25) is 0 Å². The first kappa shape index (κ1) is 33.3. The summed E-state index contributed by atoms with van der Waals surface area (Å²) >= 11 is 0. The third-order valence-electron chi connectivity index (χ3n) is 9.56. The lowest BCUT2D eigenvalue weighted by molar-refractivity contribution is -0.138. The summed E-state index contributed by atoms with van der Waals surface area (Å²) in [6.07, 6.45) is -4.24. The maximum atomic E-state index is 15.1. The molecular weight excluding hydrogens is 632 g/mol. The molecule has 13 heteroatoms. The van der Waals surface area contributed by atoms with Crippen LogP contribution in [0.5, 0.6) is 0 Å². The van der Waals surface area contributed by atoms with Gasteiger partial charge in [0.25, 0.3) is 5.56 Å². The number of fused-ring (bicyclic) bond motifs is 2. The summed E-state index contributed by atoms with van der Waals surface area (Å²) in [7, 11) is 0. The summed E-state index contributed by atoms with van der Waals surface area (Å²) < 4.78 is 65.3. The fraction of sp³-hybridized carbons (Fsp3) is 0.343. The number of hydrogen-bond acceptors (Lipinski definition) is 6. The van der Waals surface area contributed by atoms with Gasteiger partial charge in [-0.1, -0.05) is 48.5 Å². The first-order valence-corrected chi connectivity index (χ1v) is 15.5. The molecule has 0 amide bonds. The predicted molar refractivity (Wildman–Crippen MR) is 168 cm³/mol. The average molecular weight is 667 g/mol. The monoisotopic (exact) mass is 666 g/mol. The minimum absolute atomic E-state index is 0.115. The van der Waals surface area contributed by atoms with Crippen LogP contribution in [0.3, 0.4) is 0 Å². The Kier molecular flexibility index (Phi) is 8.88. The van der Waals surface area contributed by atoms with Gasteiger partial charge in [0.1, 0.15) is 11.4 Å². The lowest BCUT2D eigenvalue weighted by atomic mass is 9.85. The number of hydrogen-bond donors (Lipinski definition) is 2. The van der Waals surface area contributed by atoms with Crippen LogP contribution in [0.25, 0.3) is 0 Å². The van der Waals surface area contributed by atoms with Gasteiger partial charge in [0.15, 0.2) is 0 Å². The Morgan fingerprint density at radius 1 is 0.979 bits per heavy atom. The second kappa shape index (κ2) is 12.8. The number of likely N-dealkylation sites (tertiary alicyclic amines) is 1. The van der Waals surface area contributed by atoms with Gasteiger partial charge in [0, 0.05) is 31.2 Å². The van der Waals surface area contributed by atoms with E-state index in [0.717, 1.165) is 32.9 Å². The van der Waals surface area contributed by atoms with E-state index in [-0.39, 0.29) is 30.0 Å². The number of piperidine rings is 1. The van der Waals surface area contributed by atoms with Gasteiger partial charge in [-0.3, -0.25) is 18.8 Å². The molecule has 0 aliphatic carbocycles. The fourth-order valence-corrected chi connectivity index (χ4v) is 6.89. The molecule has 48 heavy (non-hydrogen) atoms. The summed E-state index contributed by atoms with van der Waals surface area (Å²) in [6, 6.07) is 15.7. The number of rotatable bonds is 8. The molecular formula is C35H34F4N4O5. The SMILES string of the molecule is Cc1c(CN2CCC3(CC2)OCc2c3c(=O)n(C[C@H](N)c3ccccc3)c(=O)n2Cc2c(F)cccc2C(F)(F)F)cccc1C(=O)O. The number of carboxylic acids is 1. The quantitative estimate of drug-likeness (QED) is 0.256. The van der Waals surface area contributed by atoms with Crippen LogP contribution in [0.15, 0.2) is 76.3 Å². The first-order valence-electron chi connectivity index (χ1n) is 15.5. The number of carbonyl (C=O) groups is 1. The van der Waals surface area contributed by atoms with Crippen LogP contribution in [-0.4, -0.2) is 38.2 Å². The summed E-state index contributed by atoms with van der Waals surface area (Å²) in [5.41, 5.74) is 4.43. The zero-order chi connectivity index (χ0) is 34.4. The van der Waals surface area contributed by atoms with Crippen molar-refractivity contribution < 1.29 is 32.2 Å². The van der Waals surface area contributed by atoms with Crippen LogP contribution in [0.1, 0.15) is 68.3 Å². The molecule has 0 saturated carbocycles. The fourth-order valence-electron chi connectivity index (χ4n) is 6.89. The van der Waals surface area contributed by atoms with Gasteiger partial charge in [-0.25, -0.2) is 14.0 Å². The largest absolute Gasteiger partial charge is 0.478 e. The topological polar surface area (TPSA) is 120 Å². The Morgan fingerprint density at radius 2 is 1.67 bits per heavy atom. The molecule has 252 valence electrons. The van der Waals surface area contributed by atoms with Crippen LogP contribution < -0.4 is 17.0 Å². The van der Waals surface area contributed by atoms with Crippen molar-refractivity contribution in [2.24, 2.45) is 5.73 Å². The van der Waals surface area contributed by atoms with Gasteiger partial charge >= 0.3 is 17.8 Å². The zero-order valence-electron chi connectivity index (χ0n) is 26.1. The minimum atomic E-state index is -4.89.